The third-order valence-electron chi connectivity index (χ3n) is 6.73. The quantitative estimate of drug-likeness (QED) is 0.505. The maximum absolute atomic E-state index is 13.2. The lowest BCUT2D eigenvalue weighted by Crippen LogP contribution is -2.50. The van der Waals surface area contributed by atoms with Gasteiger partial charge in [-0.05, 0) is 68.1 Å². The van der Waals surface area contributed by atoms with E-state index < -0.39 is 13.5 Å². The number of halogens is 3. The number of alkyl halides is 2. The fourth-order valence-corrected chi connectivity index (χ4v) is 4.86. The molecule has 0 aromatic heterocycles. The van der Waals surface area contributed by atoms with Crippen molar-refractivity contribution in [3.05, 3.63) is 53.1 Å². The summed E-state index contributed by atoms with van der Waals surface area (Å²) in [5.74, 6) is 0.268. The predicted molar refractivity (Wildman–Crippen MR) is 134 cm³/mol. The number of hydrogen-bond acceptors (Lipinski definition) is 5. The Labute approximate surface area is 210 Å². The van der Waals surface area contributed by atoms with Crippen LogP contribution in [0.5, 0.6) is 5.75 Å². The van der Waals surface area contributed by atoms with E-state index in [9.17, 15) is 13.6 Å². The van der Waals surface area contributed by atoms with E-state index in [0.29, 0.717) is 18.7 Å². The maximum atomic E-state index is 13.2. The van der Waals surface area contributed by atoms with E-state index in [1.807, 2.05) is 29.2 Å². The highest BCUT2D eigenvalue weighted by molar-refractivity contribution is 6.30. The second-order valence-electron chi connectivity index (χ2n) is 8.98. The molecule has 6 nitrogen and oxygen atoms in total. The minimum Gasteiger partial charge on any atom is -0.463 e. The van der Waals surface area contributed by atoms with Crippen LogP contribution >= 0.6 is 11.6 Å². The molecule has 1 N–H and O–H groups in total. The van der Waals surface area contributed by atoms with Crippen molar-refractivity contribution in [2.45, 2.75) is 44.5 Å². The molecule has 1 saturated carbocycles. The van der Waals surface area contributed by atoms with Crippen molar-refractivity contribution in [2.75, 3.05) is 49.9 Å². The van der Waals surface area contributed by atoms with Crippen LogP contribution in [0.2, 0.25) is 5.02 Å². The summed E-state index contributed by atoms with van der Waals surface area (Å²) < 4.78 is 36.4. The predicted octanol–water partition coefficient (Wildman–Crippen LogP) is 5.20. The first-order valence-corrected chi connectivity index (χ1v) is 12.5. The molecule has 1 amide bonds. The molecule has 2 fully saturated rings. The lowest BCUT2D eigenvalue weighted by Gasteiger charge is -2.36. The summed E-state index contributed by atoms with van der Waals surface area (Å²) in [4.78, 5) is 16.8. The van der Waals surface area contributed by atoms with Crippen LogP contribution in [0.15, 0.2) is 42.5 Å². The number of nitrogens with one attached hydrogen (secondary N) is 1. The van der Waals surface area contributed by atoms with Gasteiger partial charge in [-0.15, -0.1) is 0 Å². The smallest absolute Gasteiger partial charge is 0.248 e. The second kappa shape index (κ2) is 12.4. The Balaban J connectivity index is 1.16. The third-order valence-corrected chi connectivity index (χ3v) is 6.98. The fourth-order valence-electron chi connectivity index (χ4n) is 4.73. The molecular weight excluding hydrogens is 476 g/mol. The molecule has 1 aliphatic heterocycles. The molecular formula is C26H32ClF2N3O3. The van der Waals surface area contributed by atoms with Crippen molar-refractivity contribution in [3.8, 4) is 5.75 Å². The van der Waals surface area contributed by atoms with Crippen LogP contribution < -0.4 is 15.0 Å². The number of ether oxygens (including phenoxy) is 2. The Bertz CT molecular complexity index is 963. The van der Waals surface area contributed by atoms with Gasteiger partial charge in [0.2, 0.25) is 12.8 Å². The van der Waals surface area contributed by atoms with Crippen molar-refractivity contribution >= 4 is 28.9 Å². The number of benzene rings is 2. The number of hydrogen-bond donors (Lipinski definition) is 1. The van der Waals surface area contributed by atoms with Gasteiger partial charge in [0.25, 0.3) is 0 Å². The third kappa shape index (κ3) is 6.98. The molecule has 1 saturated heterocycles. The monoisotopic (exact) mass is 507 g/mol. The van der Waals surface area contributed by atoms with E-state index in [1.165, 1.54) is 0 Å². The lowest BCUT2D eigenvalue weighted by molar-refractivity contribution is -0.139. The van der Waals surface area contributed by atoms with Gasteiger partial charge in [0.15, 0.2) is 0 Å². The summed E-state index contributed by atoms with van der Waals surface area (Å²) in [5, 5.41) is 4.14. The van der Waals surface area contributed by atoms with Crippen molar-refractivity contribution in [2.24, 2.45) is 0 Å². The van der Waals surface area contributed by atoms with Gasteiger partial charge in [0, 0.05) is 54.2 Å². The maximum Gasteiger partial charge on any atom is 0.248 e. The zero-order valence-corrected chi connectivity index (χ0v) is 20.5. The molecule has 0 radical (unpaired) electrons. The number of anilines is 2. The normalized spacial score (nSPS) is 20.5. The summed E-state index contributed by atoms with van der Waals surface area (Å²) in [6.45, 7) is 1.35. The number of carbonyl (C=O) groups is 1. The van der Waals surface area contributed by atoms with E-state index >= 15 is 0 Å². The highest BCUT2D eigenvalue weighted by Crippen LogP contribution is 2.28. The Morgan fingerprint density at radius 1 is 1.00 bits per heavy atom. The molecule has 2 aromatic carbocycles. The summed E-state index contributed by atoms with van der Waals surface area (Å²) in [7, 11) is 0. The number of carbonyl (C=O) groups excluding carboxylic acids is 1. The summed E-state index contributed by atoms with van der Waals surface area (Å²) in [5.41, 5.74) is 2.24. The van der Waals surface area contributed by atoms with Crippen molar-refractivity contribution < 1.29 is 23.0 Å². The minimum atomic E-state index is -0.980. The van der Waals surface area contributed by atoms with Gasteiger partial charge < -0.3 is 24.6 Å². The molecule has 35 heavy (non-hydrogen) atoms. The average Bonchev–Trinajstić information content (AvgIpc) is 2.89. The van der Waals surface area contributed by atoms with Crippen LogP contribution in [0.25, 0.3) is 0 Å². The van der Waals surface area contributed by atoms with Gasteiger partial charge in [-0.1, -0.05) is 11.6 Å². The van der Waals surface area contributed by atoms with Crippen LogP contribution in [0, 0.1) is 0 Å². The van der Waals surface area contributed by atoms with E-state index in [0.717, 1.165) is 55.2 Å². The van der Waals surface area contributed by atoms with Crippen molar-refractivity contribution in [1.82, 2.24) is 4.90 Å². The van der Waals surface area contributed by atoms with Crippen LogP contribution in [0.4, 0.5) is 20.2 Å². The molecule has 9 heteroatoms. The van der Waals surface area contributed by atoms with E-state index in [1.54, 1.807) is 18.2 Å². The molecule has 0 atom stereocenters. The number of rotatable bonds is 9. The summed E-state index contributed by atoms with van der Waals surface area (Å²) in [6.07, 6.45) is 3.57. The molecule has 2 aliphatic rings. The van der Waals surface area contributed by atoms with Gasteiger partial charge in [0.05, 0.1) is 6.10 Å². The van der Waals surface area contributed by atoms with Crippen LogP contribution in [-0.2, 0) is 16.2 Å². The van der Waals surface area contributed by atoms with Crippen LogP contribution in [-0.4, -0.2) is 62.6 Å². The van der Waals surface area contributed by atoms with Gasteiger partial charge in [0.1, 0.15) is 19.0 Å². The summed E-state index contributed by atoms with van der Waals surface area (Å²) >= 11 is 5.97. The Morgan fingerprint density at radius 2 is 1.71 bits per heavy atom. The van der Waals surface area contributed by atoms with E-state index in [4.69, 9.17) is 21.1 Å². The highest BCUT2D eigenvalue weighted by atomic mass is 35.5. The molecule has 1 aliphatic carbocycles. The number of amides is 1. The van der Waals surface area contributed by atoms with Gasteiger partial charge in [-0.25, -0.2) is 8.78 Å². The molecule has 190 valence electrons. The molecule has 0 unspecified atom stereocenters. The largest absolute Gasteiger partial charge is 0.463 e. The molecule has 2 aromatic rings. The zero-order chi connectivity index (χ0) is 24.6. The first-order valence-electron chi connectivity index (χ1n) is 12.1. The zero-order valence-electron chi connectivity index (χ0n) is 19.7. The first-order chi connectivity index (χ1) is 17.1. The van der Waals surface area contributed by atoms with Crippen molar-refractivity contribution in [3.63, 3.8) is 0 Å². The number of piperazine rings is 1. The topological polar surface area (TPSA) is 54.0 Å². The highest BCUT2D eigenvalue weighted by Gasteiger charge is 2.25. The minimum absolute atomic E-state index is 0.0374. The molecule has 1 heterocycles. The van der Waals surface area contributed by atoms with Gasteiger partial charge in [-0.3, -0.25) is 4.79 Å². The molecule has 4 rings (SSSR count). The number of nitrogens with zero attached hydrogens (tertiary/aromatic N) is 2. The van der Waals surface area contributed by atoms with Crippen LogP contribution in [0.3, 0.4) is 0 Å². The Kier molecular flexibility index (Phi) is 9.04. The lowest BCUT2D eigenvalue weighted by atomic mass is 9.92. The standard InChI is InChI=1S/C26H32ClF2N3O3/c27-20-1-6-23(7-2-20)31-11-13-32(14-12-31)26(33)17-34-24-8-3-21(4-9-24)30-22-5-10-25(35-18-29)19(15-22)16-28/h1-2,5-7,10,15,21,24,30H,3-4,8-9,11-14,16-18H2. The molecule has 0 bridgehead atoms. The Morgan fingerprint density at radius 3 is 2.37 bits per heavy atom. The fraction of sp³-hybridized carbons (Fsp3) is 0.500. The first kappa shape index (κ1) is 25.5. The SMILES string of the molecule is O=C(COC1CCC(Nc2ccc(OCF)c(CF)c2)CC1)N1CCN(c2ccc(Cl)cc2)CC1. The van der Waals surface area contributed by atoms with E-state index in [-0.39, 0.29) is 30.4 Å². The van der Waals surface area contributed by atoms with Crippen LogP contribution in [0.1, 0.15) is 31.2 Å². The van der Waals surface area contributed by atoms with Gasteiger partial charge >= 0.3 is 0 Å². The van der Waals surface area contributed by atoms with Gasteiger partial charge in [-0.2, -0.15) is 0 Å². The molecule has 0 spiro atoms. The summed E-state index contributed by atoms with van der Waals surface area (Å²) in [6, 6.07) is 13.0. The van der Waals surface area contributed by atoms with Crippen molar-refractivity contribution in [1.29, 1.82) is 0 Å². The second-order valence-corrected chi connectivity index (χ2v) is 9.42. The van der Waals surface area contributed by atoms with E-state index in [2.05, 4.69) is 10.2 Å². The Hall–Kier alpha value is -2.58. The average molecular weight is 508 g/mol.